The molecule has 0 aliphatic heterocycles. The van der Waals surface area contributed by atoms with Crippen LogP contribution in [0.25, 0.3) is 0 Å². The summed E-state index contributed by atoms with van der Waals surface area (Å²) in [4.78, 5) is 0. The Kier molecular flexibility index (Phi) is 2.52. The van der Waals surface area contributed by atoms with E-state index < -0.39 is 0 Å². The Morgan fingerprint density at radius 1 is 1.17 bits per heavy atom. The van der Waals surface area contributed by atoms with E-state index in [1.165, 1.54) is 30.5 Å². The van der Waals surface area contributed by atoms with Crippen molar-refractivity contribution in [2.75, 3.05) is 5.32 Å². The Bertz CT molecular complexity index is 458. The molecule has 2 saturated carbocycles. The van der Waals surface area contributed by atoms with Crippen LogP contribution in [-0.2, 0) is 0 Å². The fourth-order valence-corrected chi connectivity index (χ4v) is 4.55. The van der Waals surface area contributed by atoms with Crippen LogP contribution in [0.2, 0.25) is 0 Å². The van der Waals surface area contributed by atoms with Crippen molar-refractivity contribution in [1.29, 1.82) is 0 Å². The average Bonchev–Trinajstić information content (AvgIpc) is 2.78. The molecule has 0 saturated heterocycles. The minimum absolute atomic E-state index is 0.426. The van der Waals surface area contributed by atoms with E-state index in [0.717, 1.165) is 5.92 Å². The van der Waals surface area contributed by atoms with Gasteiger partial charge in [-0.25, -0.2) is 0 Å². The monoisotopic (exact) mass is 243 g/mol. The minimum atomic E-state index is 0.426. The first kappa shape index (κ1) is 12.1. The molecule has 18 heavy (non-hydrogen) atoms. The molecule has 2 fully saturated rings. The molecule has 3 atom stereocenters. The predicted molar refractivity (Wildman–Crippen MR) is 77.8 cm³/mol. The average molecular weight is 243 g/mol. The van der Waals surface area contributed by atoms with Crippen molar-refractivity contribution >= 4 is 5.69 Å². The molecule has 0 spiro atoms. The first-order chi connectivity index (χ1) is 8.43. The van der Waals surface area contributed by atoms with Gasteiger partial charge in [0, 0.05) is 11.7 Å². The molecule has 0 aromatic heterocycles. The third-order valence-corrected chi connectivity index (χ3v) is 5.71. The number of aryl methyl sites for hydroxylation is 1. The van der Waals surface area contributed by atoms with Gasteiger partial charge in [-0.3, -0.25) is 0 Å². The zero-order valence-electron chi connectivity index (χ0n) is 12.1. The van der Waals surface area contributed by atoms with E-state index in [1.807, 2.05) is 0 Å². The normalized spacial score (nSPS) is 36.9. The maximum absolute atomic E-state index is 3.87. The van der Waals surface area contributed by atoms with Crippen LogP contribution in [-0.4, -0.2) is 6.04 Å². The number of para-hydroxylation sites is 1. The third-order valence-electron chi connectivity index (χ3n) is 5.71. The maximum atomic E-state index is 3.87. The number of rotatable bonds is 2. The number of nitrogens with one attached hydrogen (secondary N) is 1. The third kappa shape index (κ3) is 1.60. The topological polar surface area (TPSA) is 12.0 Å². The lowest BCUT2D eigenvalue weighted by Crippen LogP contribution is -2.45. The van der Waals surface area contributed by atoms with Gasteiger partial charge in [-0.05, 0) is 54.6 Å². The zero-order valence-corrected chi connectivity index (χ0v) is 12.1. The van der Waals surface area contributed by atoms with Gasteiger partial charge in [-0.1, -0.05) is 39.0 Å². The molecule has 2 aliphatic carbocycles. The summed E-state index contributed by atoms with van der Waals surface area (Å²) in [5.41, 5.74) is 3.61. The Hall–Kier alpha value is -0.980. The Balaban J connectivity index is 1.91. The Labute approximate surface area is 111 Å². The number of hydrogen-bond donors (Lipinski definition) is 1. The smallest absolute Gasteiger partial charge is 0.0372 e. The summed E-state index contributed by atoms with van der Waals surface area (Å²) in [5, 5.41) is 3.87. The summed E-state index contributed by atoms with van der Waals surface area (Å²) in [7, 11) is 0. The van der Waals surface area contributed by atoms with Crippen molar-refractivity contribution in [3.05, 3.63) is 29.8 Å². The van der Waals surface area contributed by atoms with E-state index >= 15 is 0 Å². The summed E-state index contributed by atoms with van der Waals surface area (Å²) < 4.78 is 0. The van der Waals surface area contributed by atoms with Crippen molar-refractivity contribution in [2.45, 2.75) is 53.0 Å². The number of fused-ring (bicyclic) bond motifs is 2. The molecule has 3 rings (SSSR count). The molecule has 98 valence electrons. The molecule has 2 aliphatic rings. The lowest BCUT2D eigenvalue weighted by Gasteiger charge is -2.44. The molecule has 1 aromatic carbocycles. The summed E-state index contributed by atoms with van der Waals surface area (Å²) in [6.07, 6.45) is 4.23. The number of anilines is 1. The molecule has 2 bridgehead atoms. The van der Waals surface area contributed by atoms with Crippen LogP contribution in [0.1, 0.15) is 45.6 Å². The van der Waals surface area contributed by atoms with Gasteiger partial charge in [-0.15, -0.1) is 0 Å². The molecule has 1 heteroatoms. The molecular weight excluding hydrogens is 218 g/mol. The second-order valence-corrected chi connectivity index (χ2v) is 7.31. The summed E-state index contributed by atoms with van der Waals surface area (Å²) >= 11 is 0. The predicted octanol–water partition coefficient (Wildman–Crippen LogP) is 4.62. The van der Waals surface area contributed by atoms with Gasteiger partial charge in [0.25, 0.3) is 0 Å². The fourth-order valence-electron chi connectivity index (χ4n) is 4.55. The standard InChI is InChI=1S/C17H25N/c1-12-7-5-6-8-14(12)18-15-16(2,3)13-9-10-17(15,4)11-13/h5-8,13,15,18H,9-11H2,1-4H3. The largest absolute Gasteiger partial charge is 0.381 e. The van der Waals surface area contributed by atoms with Crippen molar-refractivity contribution < 1.29 is 0 Å². The van der Waals surface area contributed by atoms with Gasteiger partial charge in [-0.2, -0.15) is 0 Å². The van der Waals surface area contributed by atoms with Crippen LogP contribution >= 0.6 is 0 Å². The van der Waals surface area contributed by atoms with Crippen LogP contribution in [0, 0.1) is 23.7 Å². The van der Waals surface area contributed by atoms with E-state index in [9.17, 15) is 0 Å². The van der Waals surface area contributed by atoms with Gasteiger partial charge in [0.1, 0.15) is 0 Å². The van der Waals surface area contributed by atoms with Crippen molar-refractivity contribution in [3.8, 4) is 0 Å². The van der Waals surface area contributed by atoms with Gasteiger partial charge < -0.3 is 5.32 Å². The number of benzene rings is 1. The SMILES string of the molecule is Cc1ccccc1NC1C2(C)CCC(C2)C1(C)C. The van der Waals surface area contributed by atoms with E-state index in [2.05, 4.69) is 57.3 Å². The van der Waals surface area contributed by atoms with Gasteiger partial charge in [0.05, 0.1) is 0 Å². The lowest BCUT2D eigenvalue weighted by atomic mass is 9.68. The van der Waals surface area contributed by atoms with Crippen LogP contribution < -0.4 is 5.32 Å². The van der Waals surface area contributed by atoms with Crippen molar-refractivity contribution in [2.24, 2.45) is 16.7 Å². The Morgan fingerprint density at radius 2 is 1.89 bits per heavy atom. The summed E-state index contributed by atoms with van der Waals surface area (Å²) in [6.45, 7) is 9.60. The van der Waals surface area contributed by atoms with E-state index in [-0.39, 0.29) is 0 Å². The van der Waals surface area contributed by atoms with Crippen molar-refractivity contribution in [1.82, 2.24) is 0 Å². The second-order valence-electron chi connectivity index (χ2n) is 7.31. The van der Waals surface area contributed by atoms with Gasteiger partial charge in [0.2, 0.25) is 0 Å². The molecule has 1 nitrogen and oxygen atoms in total. The minimum Gasteiger partial charge on any atom is -0.381 e. The summed E-state index contributed by atoms with van der Waals surface area (Å²) in [6, 6.07) is 9.29. The van der Waals surface area contributed by atoms with E-state index in [0.29, 0.717) is 16.9 Å². The first-order valence-corrected chi connectivity index (χ1v) is 7.26. The molecule has 0 heterocycles. The highest BCUT2D eigenvalue weighted by Crippen LogP contribution is 2.63. The molecule has 1 N–H and O–H groups in total. The number of hydrogen-bond acceptors (Lipinski definition) is 1. The van der Waals surface area contributed by atoms with Crippen LogP contribution in [0.4, 0.5) is 5.69 Å². The van der Waals surface area contributed by atoms with Crippen LogP contribution in [0.15, 0.2) is 24.3 Å². The van der Waals surface area contributed by atoms with E-state index in [4.69, 9.17) is 0 Å². The Morgan fingerprint density at radius 3 is 2.50 bits per heavy atom. The zero-order chi connectivity index (χ0) is 13.0. The lowest BCUT2D eigenvalue weighted by molar-refractivity contribution is 0.155. The molecule has 1 aromatic rings. The van der Waals surface area contributed by atoms with Crippen LogP contribution in [0.5, 0.6) is 0 Å². The first-order valence-electron chi connectivity index (χ1n) is 7.26. The molecule has 0 amide bonds. The van der Waals surface area contributed by atoms with Crippen molar-refractivity contribution in [3.63, 3.8) is 0 Å². The second kappa shape index (κ2) is 3.76. The highest BCUT2D eigenvalue weighted by molar-refractivity contribution is 5.52. The van der Waals surface area contributed by atoms with Gasteiger partial charge in [0.15, 0.2) is 0 Å². The quantitative estimate of drug-likeness (QED) is 0.799. The van der Waals surface area contributed by atoms with E-state index in [1.54, 1.807) is 0 Å². The maximum Gasteiger partial charge on any atom is 0.0372 e. The highest BCUT2D eigenvalue weighted by atomic mass is 15.0. The molecular formula is C17H25N. The fraction of sp³-hybridized carbons (Fsp3) is 0.647. The molecule has 3 unspecified atom stereocenters. The summed E-state index contributed by atoms with van der Waals surface area (Å²) in [5.74, 6) is 0.906. The molecule has 0 radical (unpaired) electrons. The van der Waals surface area contributed by atoms with Crippen LogP contribution in [0.3, 0.4) is 0 Å². The highest BCUT2D eigenvalue weighted by Gasteiger charge is 2.59. The van der Waals surface area contributed by atoms with Gasteiger partial charge >= 0.3 is 0 Å².